The van der Waals surface area contributed by atoms with E-state index in [-0.39, 0.29) is 42.4 Å². The molecule has 0 bridgehead atoms. The summed E-state index contributed by atoms with van der Waals surface area (Å²) in [5.41, 5.74) is 0. The maximum atomic E-state index is 12.2. The molecule has 3 atom stereocenters. The molecule has 3 rings (SSSR count). The fourth-order valence-corrected chi connectivity index (χ4v) is 3.25. The van der Waals surface area contributed by atoms with Gasteiger partial charge in [-0.1, -0.05) is 6.42 Å². The first kappa shape index (κ1) is 11.4. The monoisotopic (exact) mass is 250 g/mol. The van der Waals surface area contributed by atoms with Crippen LogP contribution in [0.5, 0.6) is 0 Å². The van der Waals surface area contributed by atoms with E-state index < -0.39 is 11.9 Å². The van der Waals surface area contributed by atoms with Gasteiger partial charge in [0, 0.05) is 6.42 Å². The summed E-state index contributed by atoms with van der Waals surface area (Å²) >= 11 is 0. The van der Waals surface area contributed by atoms with Crippen molar-refractivity contribution >= 4 is 23.6 Å². The molecule has 6 nitrogen and oxygen atoms in total. The lowest BCUT2D eigenvalue weighted by molar-refractivity contribution is -0.151. The maximum absolute atomic E-state index is 12.2. The summed E-state index contributed by atoms with van der Waals surface area (Å²) < 4.78 is 0. The molecule has 0 aromatic heterocycles. The van der Waals surface area contributed by atoms with Gasteiger partial charge in [0.05, 0.1) is 11.8 Å². The van der Waals surface area contributed by atoms with Crippen LogP contribution < -0.4 is 5.32 Å². The van der Waals surface area contributed by atoms with Crippen LogP contribution >= 0.6 is 0 Å². The van der Waals surface area contributed by atoms with Crippen molar-refractivity contribution in [2.45, 2.75) is 38.1 Å². The molecular formula is C12H14N2O4. The van der Waals surface area contributed by atoms with Gasteiger partial charge < -0.3 is 0 Å². The second-order valence-corrected chi connectivity index (χ2v) is 5.16. The van der Waals surface area contributed by atoms with Crippen molar-refractivity contribution in [3.63, 3.8) is 0 Å². The lowest BCUT2D eigenvalue weighted by Gasteiger charge is -2.28. The maximum Gasteiger partial charge on any atom is 0.249 e. The molecule has 3 fully saturated rings. The van der Waals surface area contributed by atoms with Gasteiger partial charge in [-0.15, -0.1) is 0 Å². The van der Waals surface area contributed by atoms with E-state index in [1.807, 2.05) is 0 Å². The third-order valence-corrected chi connectivity index (χ3v) is 4.15. The lowest BCUT2D eigenvalue weighted by atomic mass is 10.00. The standard InChI is InChI=1S/C12H14N2O4/c15-9-5-4-8(10(16)13-9)14-11(17)6-2-1-3-7(6)12(14)18/h6-8H,1-5H2,(H,13,15,16). The smallest absolute Gasteiger partial charge is 0.249 e. The van der Waals surface area contributed by atoms with Gasteiger partial charge in [0.15, 0.2) is 0 Å². The summed E-state index contributed by atoms with van der Waals surface area (Å²) in [6.45, 7) is 0. The molecule has 1 saturated carbocycles. The zero-order valence-electron chi connectivity index (χ0n) is 9.85. The summed E-state index contributed by atoms with van der Waals surface area (Å²) in [6, 6.07) is -0.784. The van der Waals surface area contributed by atoms with Crippen LogP contribution in [0.15, 0.2) is 0 Å². The van der Waals surface area contributed by atoms with Crippen molar-refractivity contribution in [2.75, 3.05) is 0 Å². The Bertz CT molecular complexity index is 437. The topological polar surface area (TPSA) is 83.6 Å². The number of carbonyl (C=O) groups excluding carboxylic acids is 4. The molecule has 1 N–H and O–H groups in total. The van der Waals surface area contributed by atoms with Crippen LogP contribution in [0.25, 0.3) is 0 Å². The van der Waals surface area contributed by atoms with Gasteiger partial charge in [0.1, 0.15) is 6.04 Å². The van der Waals surface area contributed by atoms with Crippen molar-refractivity contribution in [3.8, 4) is 0 Å². The van der Waals surface area contributed by atoms with E-state index in [1.54, 1.807) is 0 Å². The van der Waals surface area contributed by atoms with E-state index in [9.17, 15) is 19.2 Å². The van der Waals surface area contributed by atoms with Crippen LogP contribution in [0.2, 0.25) is 0 Å². The molecule has 0 radical (unpaired) electrons. The molecule has 18 heavy (non-hydrogen) atoms. The first-order valence-corrected chi connectivity index (χ1v) is 6.30. The van der Waals surface area contributed by atoms with E-state index >= 15 is 0 Å². The van der Waals surface area contributed by atoms with Crippen LogP contribution in [0.3, 0.4) is 0 Å². The third kappa shape index (κ3) is 1.48. The first-order chi connectivity index (χ1) is 8.59. The van der Waals surface area contributed by atoms with E-state index in [2.05, 4.69) is 5.32 Å². The highest BCUT2D eigenvalue weighted by atomic mass is 16.2. The van der Waals surface area contributed by atoms with E-state index in [1.165, 1.54) is 0 Å². The Balaban J connectivity index is 1.84. The molecule has 3 aliphatic rings. The van der Waals surface area contributed by atoms with Crippen LogP contribution in [0.1, 0.15) is 32.1 Å². The summed E-state index contributed by atoms with van der Waals surface area (Å²) in [5.74, 6) is -1.77. The average molecular weight is 250 g/mol. The lowest BCUT2D eigenvalue weighted by Crippen LogP contribution is -2.54. The van der Waals surface area contributed by atoms with E-state index in [0.29, 0.717) is 0 Å². The summed E-state index contributed by atoms with van der Waals surface area (Å²) in [7, 11) is 0. The van der Waals surface area contributed by atoms with Crippen LogP contribution in [0, 0.1) is 11.8 Å². The molecule has 0 aromatic carbocycles. The molecule has 2 saturated heterocycles. The number of piperidine rings is 1. The molecule has 4 amide bonds. The predicted octanol–water partition coefficient (Wildman–Crippen LogP) is -0.423. The molecule has 96 valence electrons. The molecular weight excluding hydrogens is 236 g/mol. The summed E-state index contributed by atoms with van der Waals surface area (Å²) in [4.78, 5) is 48.2. The zero-order chi connectivity index (χ0) is 12.9. The molecule has 6 heteroatoms. The zero-order valence-corrected chi connectivity index (χ0v) is 9.85. The van der Waals surface area contributed by atoms with Crippen LogP contribution in [0.4, 0.5) is 0 Å². The summed E-state index contributed by atoms with van der Waals surface area (Å²) in [5, 5.41) is 2.19. The number of hydrogen-bond donors (Lipinski definition) is 1. The second-order valence-electron chi connectivity index (χ2n) is 5.16. The number of nitrogens with zero attached hydrogens (tertiary/aromatic N) is 1. The number of amides is 4. The van der Waals surface area contributed by atoms with Crippen molar-refractivity contribution in [2.24, 2.45) is 11.8 Å². The highest BCUT2D eigenvalue weighted by Crippen LogP contribution is 2.41. The van der Waals surface area contributed by atoms with E-state index in [0.717, 1.165) is 24.2 Å². The Morgan fingerprint density at radius 3 is 2.11 bits per heavy atom. The quantitative estimate of drug-likeness (QED) is 0.640. The number of rotatable bonds is 1. The number of carbonyl (C=O) groups is 4. The fraction of sp³-hybridized carbons (Fsp3) is 0.667. The van der Waals surface area contributed by atoms with E-state index in [4.69, 9.17) is 0 Å². The number of hydrogen-bond acceptors (Lipinski definition) is 4. The van der Waals surface area contributed by atoms with Gasteiger partial charge in [-0.2, -0.15) is 0 Å². The molecule has 0 spiro atoms. The normalized spacial score (nSPS) is 36.0. The number of fused-ring (bicyclic) bond motifs is 1. The molecule has 2 aliphatic heterocycles. The minimum Gasteiger partial charge on any atom is -0.295 e. The third-order valence-electron chi connectivity index (χ3n) is 4.15. The van der Waals surface area contributed by atoms with Gasteiger partial charge >= 0.3 is 0 Å². The van der Waals surface area contributed by atoms with Gasteiger partial charge in [-0.25, -0.2) is 0 Å². The second kappa shape index (κ2) is 3.90. The Kier molecular flexibility index (Phi) is 2.46. The Hall–Kier alpha value is -1.72. The summed E-state index contributed by atoms with van der Waals surface area (Å²) in [6.07, 6.45) is 2.80. The Morgan fingerprint density at radius 1 is 0.944 bits per heavy atom. The van der Waals surface area contributed by atoms with Crippen molar-refractivity contribution in [3.05, 3.63) is 0 Å². The SMILES string of the molecule is O=C1CCC(N2C(=O)C3CCCC3C2=O)C(=O)N1. The molecule has 3 unspecified atom stereocenters. The van der Waals surface area contributed by atoms with Gasteiger partial charge in [-0.3, -0.25) is 29.4 Å². The Morgan fingerprint density at radius 2 is 1.56 bits per heavy atom. The van der Waals surface area contributed by atoms with Crippen molar-refractivity contribution < 1.29 is 19.2 Å². The molecule has 0 aromatic rings. The Labute approximate surface area is 104 Å². The van der Waals surface area contributed by atoms with Crippen molar-refractivity contribution in [1.29, 1.82) is 0 Å². The number of imide groups is 2. The molecule has 2 heterocycles. The minimum atomic E-state index is -0.784. The number of nitrogens with one attached hydrogen (secondary N) is 1. The predicted molar refractivity (Wildman–Crippen MR) is 58.9 cm³/mol. The highest BCUT2D eigenvalue weighted by Gasteiger charge is 2.53. The van der Waals surface area contributed by atoms with Gasteiger partial charge in [-0.05, 0) is 19.3 Å². The van der Waals surface area contributed by atoms with Crippen LogP contribution in [-0.4, -0.2) is 34.6 Å². The van der Waals surface area contributed by atoms with Gasteiger partial charge in [0.25, 0.3) is 0 Å². The fourth-order valence-electron chi connectivity index (χ4n) is 3.25. The first-order valence-electron chi connectivity index (χ1n) is 6.30. The average Bonchev–Trinajstić information content (AvgIpc) is 2.87. The highest BCUT2D eigenvalue weighted by molar-refractivity contribution is 6.10. The van der Waals surface area contributed by atoms with Crippen LogP contribution in [-0.2, 0) is 19.2 Å². The largest absolute Gasteiger partial charge is 0.295 e. The number of likely N-dealkylation sites (tertiary alicyclic amines) is 1. The van der Waals surface area contributed by atoms with Gasteiger partial charge in [0.2, 0.25) is 23.6 Å². The minimum absolute atomic E-state index is 0.183. The van der Waals surface area contributed by atoms with Crippen molar-refractivity contribution in [1.82, 2.24) is 10.2 Å². The molecule has 1 aliphatic carbocycles.